The Morgan fingerprint density at radius 1 is 1.50 bits per heavy atom. The van der Waals surface area contributed by atoms with Crippen molar-refractivity contribution >= 4 is 23.2 Å². The Bertz CT molecular complexity index is 411. The molecule has 0 aliphatic rings. The maximum Gasteiger partial charge on any atom is 0.326 e. The van der Waals surface area contributed by atoms with Crippen molar-refractivity contribution in [3.63, 3.8) is 0 Å². The Morgan fingerprint density at radius 3 is 2.50 bits per heavy atom. The van der Waals surface area contributed by atoms with Crippen LogP contribution >= 0.6 is 11.3 Å². The molecular weight excluding hydrogens is 226 g/mol. The molecule has 0 saturated carbocycles. The molecule has 5 heteroatoms. The average Bonchev–Trinajstić information content (AvgIpc) is 2.55. The first-order chi connectivity index (χ1) is 7.47. The average molecular weight is 241 g/mol. The van der Waals surface area contributed by atoms with Gasteiger partial charge < -0.3 is 10.4 Å². The van der Waals surface area contributed by atoms with Gasteiger partial charge in [-0.2, -0.15) is 0 Å². The second kappa shape index (κ2) is 5.12. The molecule has 1 aromatic heterocycles. The fourth-order valence-corrected chi connectivity index (χ4v) is 2.18. The second-order valence-corrected chi connectivity index (χ2v) is 4.69. The van der Waals surface area contributed by atoms with Crippen LogP contribution in [0.15, 0.2) is 5.38 Å². The largest absolute Gasteiger partial charge is 0.480 e. The summed E-state index contributed by atoms with van der Waals surface area (Å²) in [5.41, 5.74) is 1.49. The van der Waals surface area contributed by atoms with Crippen molar-refractivity contribution < 1.29 is 14.7 Å². The third-order valence-corrected chi connectivity index (χ3v) is 3.56. The number of hydrogen-bond acceptors (Lipinski definition) is 3. The molecule has 0 aliphatic heterocycles. The highest BCUT2D eigenvalue weighted by molar-refractivity contribution is 7.10. The lowest BCUT2D eigenvalue weighted by atomic mass is 10.1. The first kappa shape index (κ1) is 12.7. The normalized spacial score (nSPS) is 12.2. The summed E-state index contributed by atoms with van der Waals surface area (Å²) < 4.78 is 0. The number of carbonyl (C=O) groups is 2. The number of hydrogen-bond donors (Lipinski definition) is 2. The van der Waals surface area contributed by atoms with E-state index in [1.165, 1.54) is 11.3 Å². The maximum atomic E-state index is 11.8. The summed E-state index contributed by atoms with van der Waals surface area (Å²) in [6.07, 6.45) is 0.378. The summed E-state index contributed by atoms with van der Waals surface area (Å²) in [7, 11) is 0. The van der Waals surface area contributed by atoms with Gasteiger partial charge in [0.1, 0.15) is 6.04 Å². The lowest BCUT2D eigenvalue weighted by Crippen LogP contribution is -2.40. The van der Waals surface area contributed by atoms with Gasteiger partial charge in [-0.25, -0.2) is 4.79 Å². The Kier molecular flexibility index (Phi) is 4.06. The van der Waals surface area contributed by atoms with E-state index in [0.717, 1.165) is 10.4 Å². The first-order valence-corrected chi connectivity index (χ1v) is 5.93. The Morgan fingerprint density at radius 2 is 2.12 bits per heavy atom. The third-order valence-electron chi connectivity index (χ3n) is 2.54. The third kappa shape index (κ3) is 2.61. The lowest BCUT2D eigenvalue weighted by molar-refractivity contribution is -0.139. The number of carboxylic acids is 1. The SMILES string of the molecule is CCC(NC(=O)c1csc(C)c1C)C(=O)O. The summed E-state index contributed by atoms with van der Waals surface area (Å²) in [5.74, 6) is -1.31. The summed E-state index contributed by atoms with van der Waals surface area (Å²) >= 11 is 1.49. The van der Waals surface area contributed by atoms with E-state index in [1.54, 1.807) is 12.3 Å². The van der Waals surface area contributed by atoms with Crippen LogP contribution in [0.25, 0.3) is 0 Å². The topological polar surface area (TPSA) is 66.4 Å². The zero-order valence-corrected chi connectivity index (χ0v) is 10.4. The van der Waals surface area contributed by atoms with Gasteiger partial charge in [0.15, 0.2) is 0 Å². The van der Waals surface area contributed by atoms with E-state index < -0.39 is 12.0 Å². The van der Waals surface area contributed by atoms with Gasteiger partial charge in [-0.1, -0.05) is 6.92 Å². The van der Waals surface area contributed by atoms with E-state index in [1.807, 2.05) is 13.8 Å². The maximum absolute atomic E-state index is 11.8. The van der Waals surface area contributed by atoms with E-state index in [9.17, 15) is 9.59 Å². The monoisotopic (exact) mass is 241 g/mol. The number of amides is 1. The minimum absolute atomic E-state index is 0.309. The van der Waals surface area contributed by atoms with Crippen molar-refractivity contribution in [2.75, 3.05) is 0 Å². The van der Waals surface area contributed by atoms with Crippen molar-refractivity contribution in [1.82, 2.24) is 5.32 Å². The first-order valence-electron chi connectivity index (χ1n) is 5.05. The second-order valence-electron chi connectivity index (χ2n) is 3.60. The van der Waals surface area contributed by atoms with Gasteiger partial charge in [-0.05, 0) is 25.8 Å². The Hall–Kier alpha value is -1.36. The molecule has 0 aromatic carbocycles. The van der Waals surface area contributed by atoms with Crippen molar-refractivity contribution in [3.8, 4) is 0 Å². The highest BCUT2D eigenvalue weighted by atomic mass is 32.1. The quantitative estimate of drug-likeness (QED) is 0.846. The van der Waals surface area contributed by atoms with Crippen LogP contribution in [0.5, 0.6) is 0 Å². The van der Waals surface area contributed by atoms with Crippen molar-refractivity contribution in [3.05, 3.63) is 21.4 Å². The van der Waals surface area contributed by atoms with E-state index in [2.05, 4.69) is 5.32 Å². The zero-order chi connectivity index (χ0) is 12.3. The van der Waals surface area contributed by atoms with Crippen LogP contribution in [0, 0.1) is 13.8 Å². The number of rotatable bonds is 4. The van der Waals surface area contributed by atoms with E-state index >= 15 is 0 Å². The van der Waals surface area contributed by atoms with Gasteiger partial charge in [0.2, 0.25) is 0 Å². The van der Waals surface area contributed by atoms with E-state index in [0.29, 0.717) is 12.0 Å². The minimum atomic E-state index is -1.000. The number of carboxylic acid groups (broad SMARTS) is 1. The molecule has 0 spiro atoms. The molecule has 1 atom stereocenters. The zero-order valence-electron chi connectivity index (χ0n) is 9.53. The van der Waals surface area contributed by atoms with Crippen molar-refractivity contribution in [2.24, 2.45) is 0 Å². The molecular formula is C11H15NO3S. The standard InChI is InChI=1S/C11H15NO3S/c1-4-9(11(14)15)12-10(13)8-5-16-7(3)6(8)2/h5,9H,4H2,1-3H3,(H,12,13)(H,14,15). The summed E-state index contributed by atoms with van der Waals surface area (Å²) in [6, 6.07) is -0.813. The van der Waals surface area contributed by atoms with Crippen molar-refractivity contribution in [1.29, 1.82) is 0 Å². The molecule has 1 unspecified atom stereocenters. The van der Waals surface area contributed by atoms with E-state index in [-0.39, 0.29) is 5.91 Å². The predicted molar refractivity (Wildman–Crippen MR) is 63.0 cm³/mol. The molecule has 0 fully saturated rings. The molecule has 88 valence electrons. The number of carbonyl (C=O) groups excluding carboxylic acids is 1. The highest BCUT2D eigenvalue weighted by Gasteiger charge is 2.20. The number of thiophene rings is 1. The van der Waals surface area contributed by atoms with Crippen LogP contribution in [0.4, 0.5) is 0 Å². The molecule has 1 amide bonds. The molecule has 0 saturated heterocycles. The molecule has 0 bridgehead atoms. The van der Waals surface area contributed by atoms with Crippen LogP contribution in [0.1, 0.15) is 34.1 Å². The smallest absolute Gasteiger partial charge is 0.326 e. The Balaban J connectivity index is 2.80. The van der Waals surface area contributed by atoms with E-state index in [4.69, 9.17) is 5.11 Å². The van der Waals surface area contributed by atoms with Crippen LogP contribution in [0.3, 0.4) is 0 Å². The summed E-state index contributed by atoms with van der Waals surface area (Å²) in [6.45, 7) is 5.53. The van der Waals surface area contributed by atoms with Gasteiger partial charge in [0.25, 0.3) is 5.91 Å². The number of aliphatic carboxylic acids is 1. The van der Waals surface area contributed by atoms with Gasteiger partial charge in [-0.3, -0.25) is 4.79 Å². The van der Waals surface area contributed by atoms with Crippen LogP contribution in [0.2, 0.25) is 0 Å². The van der Waals surface area contributed by atoms with Crippen LogP contribution < -0.4 is 5.32 Å². The summed E-state index contributed by atoms with van der Waals surface area (Å²) in [5, 5.41) is 13.1. The number of aryl methyl sites for hydroxylation is 1. The molecule has 0 aliphatic carbocycles. The van der Waals surface area contributed by atoms with Crippen LogP contribution in [-0.4, -0.2) is 23.0 Å². The van der Waals surface area contributed by atoms with Gasteiger partial charge in [0.05, 0.1) is 5.56 Å². The Labute approximate surface area is 98.3 Å². The molecule has 1 heterocycles. The van der Waals surface area contributed by atoms with Gasteiger partial charge in [0, 0.05) is 10.3 Å². The predicted octanol–water partition coefficient (Wildman–Crippen LogP) is 1.96. The highest BCUT2D eigenvalue weighted by Crippen LogP contribution is 2.20. The number of nitrogens with one attached hydrogen (secondary N) is 1. The fourth-order valence-electron chi connectivity index (χ4n) is 1.31. The molecule has 1 rings (SSSR count). The fraction of sp³-hybridized carbons (Fsp3) is 0.455. The molecule has 4 nitrogen and oxygen atoms in total. The van der Waals surface area contributed by atoms with Crippen molar-refractivity contribution in [2.45, 2.75) is 33.2 Å². The lowest BCUT2D eigenvalue weighted by Gasteiger charge is -2.11. The minimum Gasteiger partial charge on any atom is -0.480 e. The summed E-state index contributed by atoms with van der Waals surface area (Å²) in [4.78, 5) is 23.6. The van der Waals surface area contributed by atoms with Gasteiger partial charge in [-0.15, -0.1) is 11.3 Å². The van der Waals surface area contributed by atoms with Crippen LogP contribution in [-0.2, 0) is 4.79 Å². The van der Waals surface area contributed by atoms with Gasteiger partial charge >= 0.3 is 5.97 Å². The molecule has 2 N–H and O–H groups in total. The molecule has 0 radical (unpaired) electrons. The molecule has 16 heavy (non-hydrogen) atoms. The molecule has 1 aromatic rings.